The minimum absolute atomic E-state index is 0.105. The average Bonchev–Trinajstić information content (AvgIpc) is 2.68. The van der Waals surface area contributed by atoms with Crippen molar-refractivity contribution in [2.45, 2.75) is 81.2 Å². The minimum atomic E-state index is -3.74. The van der Waals surface area contributed by atoms with Gasteiger partial charge in [-0.2, -0.15) is 4.31 Å². The van der Waals surface area contributed by atoms with Gasteiger partial charge in [-0.3, -0.25) is 4.79 Å². The van der Waals surface area contributed by atoms with Crippen molar-refractivity contribution in [2.75, 3.05) is 6.54 Å². The normalized spacial score (nSPS) is 19.9. The quantitative estimate of drug-likeness (QED) is 0.764. The molecule has 2 aliphatic carbocycles. The Morgan fingerprint density at radius 2 is 1.52 bits per heavy atom. The van der Waals surface area contributed by atoms with Crippen LogP contribution < -0.4 is 5.32 Å². The summed E-state index contributed by atoms with van der Waals surface area (Å²) in [5, 5.41) is 3.55. The molecule has 0 aliphatic heterocycles. The first kappa shape index (κ1) is 20.6. The number of carbonyl (C=O) groups is 1. The van der Waals surface area contributed by atoms with Crippen LogP contribution in [0.4, 0.5) is 0 Å². The predicted octanol–water partition coefficient (Wildman–Crippen LogP) is 4.11. The van der Waals surface area contributed by atoms with Gasteiger partial charge in [0.1, 0.15) is 0 Å². The van der Waals surface area contributed by atoms with E-state index in [9.17, 15) is 13.2 Å². The molecule has 0 atom stereocenters. The Morgan fingerprint density at radius 1 is 0.963 bits per heavy atom. The van der Waals surface area contributed by atoms with Crippen molar-refractivity contribution in [3.05, 3.63) is 29.3 Å². The Hall–Kier alpha value is -1.11. The zero-order valence-electron chi connectivity index (χ0n) is 15.7. The monoisotopic (exact) mass is 412 g/mol. The second kappa shape index (κ2) is 9.39. The van der Waals surface area contributed by atoms with Gasteiger partial charge in [-0.25, -0.2) is 8.42 Å². The molecule has 0 spiro atoms. The number of nitrogens with zero attached hydrogens (tertiary/aromatic N) is 1. The SMILES string of the molecule is O=C(CN(C1CCCCC1)S(=O)(=O)c1ccc(Cl)cc1)NC1CCCCC1. The van der Waals surface area contributed by atoms with Crippen LogP contribution in [0.2, 0.25) is 5.02 Å². The first-order valence-electron chi connectivity index (χ1n) is 10.0. The standard InChI is InChI=1S/C20H29ClN2O3S/c21-16-11-13-19(14-12-16)27(25,26)23(18-9-5-2-6-10-18)15-20(24)22-17-7-3-1-4-8-17/h11-14,17-18H,1-10,15H2,(H,22,24). The lowest BCUT2D eigenvalue weighted by Crippen LogP contribution is -2.49. The smallest absolute Gasteiger partial charge is 0.243 e. The van der Waals surface area contributed by atoms with Gasteiger partial charge in [0.05, 0.1) is 11.4 Å². The van der Waals surface area contributed by atoms with E-state index in [2.05, 4.69) is 5.32 Å². The first-order chi connectivity index (χ1) is 13.0. The molecule has 2 aliphatic rings. The molecule has 1 aromatic rings. The van der Waals surface area contributed by atoms with Crippen molar-refractivity contribution in [3.8, 4) is 0 Å². The van der Waals surface area contributed by atoms with Crippen LogP contribution in [0.1, 0.15) is 64.2 Å². The summed E-state index contributed by atoms with van der Waals surface area (Å²) in [4.78, 5) is 12.9. The summed E-state index contributed by atoms with van der Waals surface area (Å²) < 4.78 is 28.0. The summed E-state index contributed by atoms with van der Waals surface area (Å²) in [7, 11) is -3.74. The van der Waals surface area contributed by atoms with Crippen LogP contribution in [-0.4, -0.2) is 37.3 Å². The first-order valence-corrected chi connectivity index (χ1v) is 11.9. The highest BCUT2D eigenvalue weighted by atomic mass is 35.5. The van der Waals surface area contributed by atoms with Gasteiger partial charge in [-0.1, -0.05) is 50.1 Å². The van der Waals surface area contributed by atoms with Crippen LogP contribution in [0.15, 0.2) is 29.2 Å². The van der Waals surface area contributed by atoms with Crippen molar-refractivity contribution in [2.24, 2.45) is 0 Å². The molecule has 2 fully saturated rings. The second-order valence-corrected chi connectivity index (χ2v) is 10.0. The van der Waals surface area contributed by atoms with Crippen molar-refractivity contribution in [1.29, 1.82) is 0 Å². The fourth-order valence-electron chi connectivity index (χ4n) is 4.18. The van der Waals surface area contributed by atoms with Gasteiger partial charge in [0.15, 0.2) is 0 Å². The molecule has 0 saturated heterocycles. The molecular weight excluding hydrogens is 384 g/mol. The Kier molecular flexibility index (Phi) is 7.17. The van der Waals surface area contributed by atoms with Gasteiger partial charge < -0.3 is 5.32 Å². The number of halogens is 1. The maximum Gasteiger partial charge on any atom is 0.243 e. The maximum absolute atomic E-state index is 13.3. The van der Waals surface area contributed by atoms with E-state index >= 15 is 0 Å². The lowest BCUT2D eigenvalue weighted by molar-refractivity contribution is -0.122. The number of hydrogen-bond acceptors (Lipinski definition) is 3. The number of benzene rings is 1. The molecule has 3 rings (SSSR count). The van der Waals surface area contributed by atoms with E-state index < -0.39 is 10.0 Å². The summed E-state index contributed by atoms with van der Waals surface area (Å²) >= 11 is 5.91. The topological polar surface area (TPSA) is 66.5 Å². The third-order valence-corrected chi connectivity index (χ3v) is 7.84. The van der Waals surface area contributed by atoms with Crippen molar-refractivity contribution in [1.82, 2.24) is 9.62 Å². The highest BCUT2D eigenvalue weighted by Crippen LogP contribution is 2.28. The summed E-state index contributed by atoms with van der Waals surface area (Å²) in [6, 6.07) is 6.26. The zero-order valence-corrected chi connectivity index (χ0v) is 17.3. The van der Waals surface area contributed by atoms with Crippen molar-refractivity contribution < 1.29 is 13.2 Å². The van der Waals surface area contributed by atoms with Crippen LogP contribution >= 0.6 is 11.6 Å². The molecule has 1 amide bonds. The molecule has 0 heterocycles. The number of amides is 1. The molecule has 150 valence electrons. The molecule has 0 aromatic heterocycles. The number of carbonyl (C=O) groups excluding carboxylic acids is 1. The molecule has 0 unspecified atom stereocenters. The van der Waals surface area contributed by atoms with Gasteiger partial charge in [-0.15, -0.1) is 0 Å². The molecule has 1 aromatic carbocycles. The second-order valence-electron chi connectivity index (χ2n) is 7.70. The number of hydrogen-bond donors (Lipinski definition) is 1. The Morgan fingerprint density at radius 3 is 2.11 bits per heavy atom. The highest BCUT2D eigenvalue weighted by Gasteiger charge is 2.34. The molecular formula is C20H29ClN2O3S. The van der Waals surface area contributed by atoms with E-state index in [0.29, 0.717) is 5.02 Å². The maximum atomic E-state index is 13.3. The molecule has 27 heavy (non-hydrogen) atoms. The molecule has 0 bridgehead atoms. The predicted molar refractivity (Wildman–Crippen MR) is 107 cm³/mol. The van der Waals surface area contributed by atoms with E-state index in [4.69, 9.17) is 11.6 Å². The van der Waals surface area contributed by atoms with Gasteiger partial charge in [0, 0.05) is 17.1 Å². The van der Waals surface area contributed by atoms with Crippen LogP contribution in [-0.2, 0) is 14.8 Å². The third-order valence-electron chi connectivity index (χ3n) is 5.67. The van der Waals surface area contributed by atoms with E-state index in [1.807, 2.05) is 0 Å². The fourth-order valence-corrected chi connectivity index (χ4v) is 5.95. The van der Waals surface area contributed by atoms with Crippen LogP contribution in [0, 0.1) is 0 Å². The van der Waals surface area contributed by atoms with E-state index in [1.54, 1.807) is 12.1 Å². The average molecular weight is 413 g/mol. The highest BCUT2D eigenvalue weighted by molar-refractivity contribution is 7.89. The van der Waals surface area contributed by atoms with Crippen molar-refractivity contribution in [3.63, 3.8) is 0 Å². The van der Waals surface area contributed by atoms with Crippen LogP contribution in [0.3, 0.4) is 0 Å². The van der Waals surface area contributed by atoms with Gasteiger partial charge in [0.25, 0.3) is 0 Å². The lowest BCUT2D eigenvalue weighted by atomic mass is 9.95. The van der Waals surface area contributed by atoms with Crippen LogP contribution in [0.5, 0.6) is 0 Å². The molecule has 1 N–H and O–H groups in total. The molecule has 0 radical (unpaired) electrons. The summed E-state index contributed by atoms with van der Waals surface area (Å²) in [5.41, 5.74) is 0. The summed E-state index contributed by atoms with van der Waals surface area (Å²) in [5.74, 6) is -0.190. The van der Waals surface area contributed by atoms with Crippen LogP contribution in [0.25, 0.3) is 0 Å². The van der Waals surface area contributed by atoms with E-state index in [1.165, 1.54) is 22.9 Å². The van der Waals surface area contributed by atoms with Gasteiger partial charge in [0.2, 0.25) is 15.9 Å². The Labute approximate surface area is 167 Å². The Bertz CT molecular complexity index is 724. The van der Waals surface area contributed by atoms with E-state index in [-0.39, 0.29) is 29.4 Å². The van der Waals surface area contributed by atoms with E-state index in [0.717, 1.165) is 57.8 Å². The zero-order chi connectivity index (χ0) is 19.3. The lowest BCUT2D eigenvalue weighted by Gasteiger charge is -2.33. The summed E-state index contributed by atoms with van der Waals surface area (Å²) in [6.07, 6.45) is 10.2. The number of rotatable bonds is 6. The molecule has 7 heteroatoms. The third kappa shape index (κ3) is 5.46. The van der Waals surface area contributed by atoms with Gasteiger partial charge >= 0.3 is 0 Å². The number of sulfonamides is 1. The van der Waals surface area contributed by atoms with Crippen molar-refractivity contribution >= 4 is 27.5 Å². The van der Waals surface area contributed by atoms with Gasteiger partial charge in [-0.05, 0) is 49.9 Å². The summed E-state index contributed by atoms with van der Waals surface area (Å²) in [6.45, 7) is -0.105. The largest absolute Gasteiger partial charge is 0.352 e. The Balaban J connectivity index is 1.77. The molecule has 5 nitrogen and oxygen atoms in total. The number of nitrogens with one attached hydrogen (secondary N) is 1. The molecule has 2 saturated carbocycles. The minimum Gasteiger partial charge on any atom is -0.352 e. The fraction of sp³-hybridized carbons (Fsp3) is 0.650.